The predicted octanol–water partition coefficient (Wildman–Crippen LogP) is 6.53. The van der Waals surface area contributed by atoms with Crippen LogP contribution in [-0.4, -0.2) is 46.5 Å². The first-order chi connectivity index (χ1) is 18.0. The van der Waals surface area contributed by atoms with E-state index < -0.39 is 0 Å². The molecule has 0 aromatic heterocycles. The van der Waals surface area contributed by atoms with E-state index in [0.717, 1.165) is 44.3 Å². The molecule has 2 unspecified atom stereocenters. The predicted molar refractivity (Wildman–Crippen MR) is 145 cm³/mol. The lowest BCUT2D eigenvalue weighted by atomic mass is 9.85. The maximum atomic E-state index is 13.8. The highest BCUT2D eigenvalue weighted by Gasteiger charge is 2.38. The van der Waals surface area contributed by atoms with Gasteiger partial charge in [0.25, 0.3) is 5.91 Å². The molecule has 1 saturated heterocycles. The van der Waals surface area contributed by atoms with Gasteiger partial charge in [-0.05, 0) is 67.1 Å². The van der Waals surface area contributed by atoms with Crippen LogP contribution < -0.4 is 0 Å². The number of amides is 1. The van der Waals surface area contributed by atoms with Gasteiger partial charge in [-0.25, -0.2) is 4.39 Å². The summed E-state index contributed by atoms with van der Waals surface area (Å²) in [6.07, 6.45) is 5.55. The summed E-state index contributed by atoms with van der Waals surface area (Å²) in [5, 5.41) is 10.4. The first kappa shape index (κ1) is 25.5. The maximum Gasteiger partial charge on any atom is 0.254 e. The number of rotatable bonds is 7. The first-order valence-electron chi connectivity index (χ1n) is 13.6. The van der Waals surface area contributed by atoms with E-state index in [2.05, 4.69) is 41.0 Å². The minimum absolute atomic E-state index is 0.00888. The summed E-state index contributed by atoms with van der Waals surface area (Å²) in [4.78, 5) is 18.3. The maximum absolute atomic E-state index is 13.8. The summed E-state index contributed by atoms with van der Waals surface area (Å²) in [7, 11) is 0. The number of aryl methyl sites for hydroxylation is 1. The smallest absolute Gasteiger partial charge is 0.254 e. The van der Waals surface area contributed by atoms with Crippen LogP contribution in [0.4, 0.5) is 4.39 Å². The first-order valence-corrected chi connectivity index (χ1v) is 13.6. The Morgan fingerprint density at radius 3 is 2.38 bits per heavy atom. The molecule has 3 aromatic carbocycles. The molecule has 4 nitrogen and oxygen atoms in total. The lowest BCUT2D eigenvalue weighted by Gasteiger charge is -2.37. The molecule has 2 aliphatic rings. The van der Waals surface area contributed by atoms with Crippen LogP contribution >= 0.6 is 0 Å². The third-order valence-corrected chi connectivity index (χ3v) is 8.29. The van der Waals surface area contributed by atoms with Crippen LogP contribution in [-0.2, 0) is 6.54 Å². The van der Waals surface area contributed by atoms with Gasteiger partial charge in [-0.1, -0.05) is 61.7 Å². The van der Waals surface area contributed by atoms with Crippen LogP contribution in [0.5, 0.6) is 5.75 Å². The molecule has 194 valence electrons. The van der Waals surface area contributed by atoms with Gasteiger partial charge in [0.1, 0.15) is 11.6 Å². The molecule has 1 amide bonds. The molecular formula is C32H37FN2O2. The number of halogens is 1. The van der Waals surface area contributed by atoms with Crippen molar-refractivity contribution < 1.29 is 14.3 Å². The van der Waals surface area contributed by atoms with Crippen LogP contribution in [0.2, 0.25) is 0 Å². The van der Waals surface area contributed by atoms with Crippen molar-refractivity contribution in [2.75, 3.05) is 19.6 Å². The highest BCUT2D eigenvalue weighted by molar-refractivity contribution is 5.94. The molecule has 1 saturated carbocycles. The van der Waals surface area contributed by atoms with E-state index in [-0.39, 0.29) is 23.7 Å². The van der Waals surface area contributed by atoms with Gasteiger partial charge >= 0.3 is 0 Å². The van der Waals surface area contributed by atoms with Gasteiger partial charge in [0.2, 0.25) is 0 Å². The molecule has 1 aliphatic heterocycles. The number of phenolic OH excluding ortho intramolecular Hbond substituents is 1. The highest BCUT2D eigenvalue weighted by Crippen LogP contribution is 2.37. The number of phenols is 1. The average molecular weight is 501 g/mol. The van der Waals surface area contributed by atoms with E-state index in [1.165, 1.54) is 29.7 Å². The molecule has 1 aliphatic carbocycles. The second kappa shape index (κ2) is 11.5. The lowest BCUT2D eigenvalue weighted by Crippen LogP contribution is -2.45. The molecule has 1 heterocycles. The number of hydrogen-bond acceptors (Lipinski definition) is 3. The quantitative estimate of drug-likeness (QED) is 0.401. The molecule has 5 rings (SSSR count). The van der Waals surface area contributed by atoms with Crippen molar-refractivity contribution in [2.24, 2.45) is 5.92 Å². The van der Waals surface area contributed by atoms with Crippen molar-refractivity contribution in [2.45, 2.75) is 57.5 Å². The third kappa shape index (κ3) is 5.88. The normalized spacial score (nSPS) is 20.7. The summed E-state index contributed by atoms with van der Waals surface area (Å²) in [6.45, 7) is 5.26. The number of likely N-dealkylation sites (tertiary alicyclic amines) is 1. The Balaban J connectivity index is 1.44. The zero-order valence-electron chi connectivity index (χ0n) is 21.7. The van der Waals surface area contributed by atoms with E-state index in [0.29, 0.717) is 30.3 Å². The molecular weight excluding hydrogens is 463 g/mol. The standard InChI is InChI=1S/C32H37FN2O2/c1-23-9-5-7-13-29(23)30-22-34(19-25-10-6-8-14-31(25)36)20-26(30)21-35(28-11-3-2-4-12-28)32(37)24-15-17-27(33)18-16-24/h5-10,13-18,26,28,30,36H,2-4,11-12,19-22H2,1H3. The SMILES string of the molecule is Cc1ccccc1C1CN(Cc2ccccc2O)CC1CN(C(=O)c1ccc(F)cc1)C1CCCCC1. The molecule has 1 N–H and O–H groups in total. The second-order valence-corrected chi connectivity index (χ2v) is 10.8. The average Bonchev–Trinajstić information content (AvgIpc) is 3.31. The van der Waals surface area contributed by atoms with Crippen LogP contribution in [0, 0.1) is 18.7 Å². The minimum Gasteiger partial charge on any atom is -0.508 e. The van der Waals surface area contributed by atoms with Crippen LogP contribution in [0.15, 0.2) is 72.8 Å². The zero-order valence-corrected chi connectivity index (χ0v) is 21.7. The summed E-state index contributed by atoms with van der Waals surface area (Å²) in [5.41, 5.74) is 4.10. The molecule has 5 heteroatoms. The number of carbonyl (C=O) groups is 1. The number of benzene rings is 3. The molecule has 2 atom stereocenters. The van der Waals surface area contributed by atoms with Gasteiger partial charge in [-0.15, -0.1) is 0 Å². The van der Waals surface area contributed by atoms with Crippen molar-refractivity contribution in [1.29, 1.82) is 0 Å². The Kier molecular flexibility index (Phi) is 7.90. The number of hydrogen-bond donors (Lipinski definition) is 1. The van der Waals surface area contributed by atoms with Crippen molar-refractivity contribution in [3.05, 3.63) is 101 Å². The summed E-state index contributed by atoms with van der Waals surface area (Å²) in [6, 6.07) is 22.3. The van der Waals surface area contributed by atoms with Crippen molar-refractivity contribution in [1.82, 2.24) is 9.80 Å². The number of aromatic hydroxyl groups is 1. The molecule has 0 spiro atoms. The van der Waals surface area contributed by atoms with Gasteiger partial charge in [0, 0.05) is 49.3 Å². The van der Waals surface area contributed by atoms with E-state index >= 15 is 0 Å². The van der Waals surface area contributed by atoms with Gasteiger partial charge < -0.3 is 10.0 Å². The molecule has 37 heavy (non-hydrogen) atoms. The number of carbonyl (C=O) groups excluding carboxylic acids is 1. The van der Waals surface area contributed by atoms with Gasteiger partial charge in [0.05, 0.1) is 0 Å². The van der Waals surface area contributed by atoms with E-state index in [4.69, 9.17) is 0 Å². The monoisotopic (exact) mass is 500 g/mol. The lowest BCUT2D eigenvalue weighted by molar-refractivity contribution is 0.0588. The Morgan fingerprint density at radius 2 is 1.65 bits per heavy atom. The van der Waals surface area contributed by atoms with E-state index in [1.54, 1.807) is 18.2 Å². The summed E-state index contributed by atoms with van der Waals surface area (Å²) < 4.78 is 13.6. The fraction of sp³-hybridized carbons (Fsp3) is 0.406. The zero-order chi connectivity index (χ0) is 25.8. The fourth-order valence-electron chi connectivity index (χ4n) is 6.32. The second-order valence-electron chi connectivity index (χ2n) is 10.8. The molecule has 2 fully saturated rings. The Morgan fingerprint density at radius 1 is 0.946 bits per heavy atom. The topological polar surface area (TPSA) is 43.8 Å². The van der Waals surface area contributed by atoms with Crippen LogP contribution in [0.25, 0.3) is 0 Å². The fourth-order valence-corrected chi connectivity index (χ4v) is 6.32. The van der Waals surface area contributed by atoms with Gasteiger partial charge in [-0.3, -0.25) is 9.69 Å². The molecule has 3 aromatic rings. The summed E-state index contributed by atoms with van der Waals surface area (Å²) >= 11 is 0. The Bertz CT molecular complexity index is 1210. The van der Waals surface area contributed by atoms with Gasteiger partial charge in [0.15, 0.2) is 0 Å². The van der Waals surface area contributed by atoms with Gasteiger partial charge in [-0.2, -0.15) is 0 Å². The largest absolute Gasteiger partial charge is 0.508 e. The minimum atomic E-state index is -0.323. The summed E-state index contributed by atoms with van der Waals surface area (Å²) in [5.74, 6) is 0.566. The van der Waals surface area contributed by atoms with Crippen molar-refractivity contribution in [3.63, 3.8) is 0 Å². The molecule has 0 radical (unpaired) electrons. The van der Waals surface area contributed by atoms with Crippen molar-refractivity contribution >= 4 is 5.91 Å². The van der Waals surface area contributed by atoms with Crippen LogP contribution in [0.1, 0.15) is 65.1 Å². The Labute approximate surface area is 219 Å². The number of para-hydroxylation sites is 1. The molecule has 0 bridgehead atoms. The number of nitrogens with zero attached hydrogens (tertiary/aromatic N) is 2. The third-order valence-electron chi connectivity index (χ3n) is 8.29. The van der Waals surface area contributed by atoms with E-state index in [1.807, 2.05) is 18.2 Å². The van der Waals surface area contributed by atoms with E-state index in [9.17, 15) is 14.3 Å². The highest BCUT2D eigenvalue weighted by atomic mass is 19.1. The van der Waals surface area contributed by atoms with Crippen LogP contribution in [0.3, 0.4) is 0 Å². The Hall–Kier alpha value is -3.18. The van der Waals surface area contributed by atoms with Crippen molar-refractivity contribution in [3.8, 4) is 5.75 Å².